The van der Waals surface area contributed by atoms with Gasteiger partial charge in [0.25, 0.3) is 5.56 Å². The summed E-state index contributed by atoms with van der Waals surface area (Å²) in [4.78, 5) is 14.9. The molecule has 0 atom stereocenters. The first-order valence-corrected chi connectivity index (χ1v) is 3.86. The molecule has 0 aliphatic heterocycles. The quantitative estimate of drug-likeness (QED) is 0.761. The molecule has 1 heterocycles. The average molecular weight is 219 g/mol. The van der Waals surface area contributed by atoms with Gasteiger partial charge in [0.2, 0.25) is 0 Å². The molecule has 0 aliphatic rings. The van der Waals surface area contributed by atoms with Crippen molar-refractivity contribution in [1.82, 2.24) is 9.55 Å². The summed E-state index contributed by atoms with van der Waals surface area (Å²) in [6, 6.07) is 0. The van der Waals surface area contributed by atoms with E-state index in [1.54, 1.807) is 0 Å². The number of aliphatic hydroxyl groups is 1. The Morgan fingerprint density at radius 3 is 3.09 bits per heavy atom. The van der Waals surface area contributed by atoms with Crippen LogP contribution in [0.15, 0.2) is 21.8 Å². The van der Waals surface area contributed by atoms with Gasteiger partial charge >= 0.3 is 0 Å². The predicted molar refractivity (Wildman–Crippen MR) is 43.3 cm³/mol. The van der Waals surface area contributed by atoms with Gasteiger partial charge < -0.3 is 5.11 Å². The Labute approximate surface area is 71.6 Å². The Kier molecular flexibility index (Phi) is 2.78. The van der Waals surface area contributed by atoms with Gasteiger partial charge in [0.15, 0.2) is 0 Å². The third kappa shape index (κ3) is 1.87. The van der Waals surface area contributed by atoms with Crippen LogP contribution in [0, 0.1) is 0 Å². The van der Waals surface area contributed by atoms with Crippen molar-refractivity contribution < 1.29 is 5.11 Å². The lowest BCUT2D eigenvalue weighted by molar-refractivity contribution is 0.273. The van der Waals surface area contributed by atoms with E-state index < -0.39 is 0 Å². The highest BCUT2D eigenvalue weighted by atomic mass is 79.9. The van der Waals surface area contributed by atoms with Crippen molar-refractivity contribution in [3.63, 3.8) is 0 Å². The van der Waals surface area contributed by atoms with Crippen LogP contribution in [-0.2, 0) is 6.54 Å². The molecule has 0 saturated carbocycles. The Balaban J connectivity index is 3.07. The van der Waals surface area contributed by atoms with Gasteiger partial charge in [0, 0.05) is 6.20 Å². The Hall–Kier alpha value is -0.680. The minimum Gasteiger partial charge on any atom is -0.395 e. The van der Waals surface area contributed by atoms with E-state index in [4.69, 9.17) is 5.11 Å². The molecule has 5 heteroatoms. The molecule has 0 spiro atoms. The van der Waals surface area contributed by atoms with E-state index in [1.807, 2.05) is 0 Å². The molecule has 1 aromatic rings. The molecule has 0 amide bonds. The van der Waals surface area contributed by atoms with Gasteiger partial charge in [-0.05, 0) is 15.9 Å². The molecule has 60 valence electrons. The topological polar surface area (TPSA) is 55.1 Å². The zero-order valence-corrected chi connectivity index (χ0v) is 7.28. The highest BCUT2D eigenvalue weighted by molar-refractivity contribution is 9.10. The van der Waals surface area contributed by atoms with Gasteiger partial charge in [-0.1, -0.05) is 0 Å². The molecule has 11 heavy (non-hydrogen) atoms. The fourth-order valence-corrected chi connectivity index (χ4v) is 1.04. The van der Waals surface area contributed by atoms with Gasteiger partial charge in [0.05, 0.1) is 19.5 Å². The van der Waals surface area contributed by atoms with Crippen molar-refractivity contribution in [2.45, 2.75) is 6.54 Å². The molecule has 0 aromatic carbocycles. The minimum atomic E-state index is -0.172. The van der Waals surface area contributed by atoms with Crippen molar-refractivity contribution in [1.29, 1.82) is 0 Å². The van der Waals surface area contributed by atoms with Gasteiger partial charge in [-0.3, -0.25) is 9.36 Å². The molecule has 1 N–H and O–H groups in total. The van der Waals surface area contributed by atoms with E-state index >= 15 is 0 Å². The average Bonchev–Trinajstić information content (AvgIpc) is 1.99. The van der Waals surface area contributed by atoms with Crippen molar-refractivity contribution in [2.24, 2.45) is 0 Å². The molecule has 0 radical (unpaired) electrons. The third-order valence-electron chi connectivity index (χ3n) is 1.20. The van der Waals surface area contributed by atoms with Crippen LogP contribution in [0.1, 0.15) is 0 Å². The highest BCUT2D eigenvalue weighted by Crippen LogP contribution is 1.97. The second-order valence-electron chi connectivity index (χ2n) is 1.96. The molecule has 0 fully saturated rings. The second-order valence-corrected chi connectivity index (χ2v) is 2.82. The first-order chi connectivity index (χ1) is 5.25. The van der Waals surface area contributed by atoms with E-state index in [1.165, 1.54) is 17.1 Å². The maximum Gasteiger partial charge on any atom is 0.267 e. The Morgan fingerprint density at radius 2 is 2.45 bits per heavy atom. The monoisotopic (exact) mass is 218 g/mol. The van der Waals surface area contributed by atoms with Crippen LogP contribution >= 0.6 is 15.9 Å². The molecule has 0 bridgehead atoms. The van der Waals surface area contributed by atoms with Gasteiger partial charge in [-0.15, -0.1) is 0 Å². The van der Waals surface area contributed by atoms with Crippen LogP contribution in [0.25, 0.3) is 0 Å². The number of aromatic nitrogens is 2. The van der Waals surface area contributed by atoms with Gasteiger partial charge in [-0.25, -0.2) is 4.98 Å². The smallest absolute Gasteiger partial charge is 0.267 e. The molecular formula is C6H7BrN2O2. The molecule has 0 aliphatic carbocycles. The molecule has 1 aromatic heterocycles. The summed E-state index contributed by atoms with van der Waals surface area (Å²) in [6.07, 6.45) is 2.82. The summed E-state index contributed by atoms with van der Waals surface area (Å²) in [5.41, 5.74) is -0.172. The number of nitrogens with zero attached hydrogens (tertiary/aromatic N) is 2. The Morgan fingerprint density at radius 1 is 1.73 bits per heavy atom. The fraction of sp³-hybridized carbons (Fsp3) is 0.333. The summed E-state index contributed by atoms with van der Waals surface area (Å²) in [5, 5.41) is 8.53. The number of aliphatic hydroxyl groups excluding tert-OH is 1. The fourth-order valence-electron chi connectivity index (χ4n) is 0.691. The third-order valence-corrected chi connectivity index (χ3v) is 1.74. The maximum atomic E-state index is 11.1. The number of rotatable bonds is 2. The van der Waals surface area contributed by atoms with E-state index in [2.05, 4.69) is 20.9 Å². The predicted octanol–water partition coefficient (Wildman–Crippen LogP) is -0.00190. The molecule has 4 nitrogen and oxygen atoms in total. The number of hydrogen-bond acceptors (Lipinski definition) is 3. The van der Waals surface area contributed by atoms with Crippen LogP contribution in [-0.4, -0.2) is 21.3 Å². The van der Waals surface area contributed by atoms with E-state index in [0.29, 0.717) is 4.47 Å². The Bertz CT molecular complexity index is 297. The SMILES string of the molecule is O=c1c(Br)cncn1CCO. The zero-order valence-electron chi connectivity index (χ0n) is 5.70. The van der Waals surface area contributed by atoms with Gasteiger partial charge in [-0.2, -0.15) is 0 Å². The highest BCUT2D eigenvalue weighted by Gasteiger charge is 1.98. The summed E-state index contributed by atoms with van der Waals surface area (Å²) >= 11 is 3.04. The molecule has 0 saturated heterocycles. The molecule has 1 rings (SSSR count). The van der Waals surface area contributed by atoms with Crippen molar-refractivity contribution in [3.8, 4) is 0 Å². The van der Waals surface area contributed by atoms with E-state index in [-0.39, 0.29) is 18.7 Å². The lowest BCUT2D eigenvalue weighted by Gasteiger charge is -2.00. The van der Waals surface area contributed by atoms with Crippen LogP contribution in [0.3, 0.4) is 0 Å². The lowest BCUT2D eigenvalue weighted by atomic mass is 10.6. The lowest BCUT2D eigenvalue weighted by Crippen LogP contribution is -2.22. The number of halogens is 1. The van der Waals surface area contributed by atoms with Crippen LogP contribution < -0.4 is 5.56 Å². The van der Waals surface area contributed by atoms with E-state index in [9.17, 15) is 4.79 Å². The normalized spacial score (nSPS) is 10.0. The second kappa shape index (κ2) is 3.64. The summed E-state index contributed by atoms with van der Waals surface area (Å²) < 4.78 is 1.75. The van der Waals surface area contributed by atoms with Crippen LogP contribution in [0.4, 0.5) is 0 Å². The minimum absolute atomic E-state index is 0.0575. The molecule has 0 unspecified atom stereocenters. The number of hydrogen-bond donors (Lipinski definition) is 1. The van der Waals surface area contributed by atoms with Crippen LogP contribution in [0.2, 0.25) is 0 Å². The summed E-state index contributed by atoms with van der Waals surface area (Å²) in [6.45, 7) is 0.226. The zero-order chi connectivity index (χ0) is 8.27. The summed E-state index contributed by atoms with van der Waals surface area (Å²) in [7, 11) is 0. The largest absolute Gasteiger partial charge is 0.395 e. The van der Waals surface area contributed by atoms with Crippen molar-refractivity contribution >= 4 is 15.9 Å². The molecular weight excluding hydrogens is 212 g/mol. The van der Waals surface area contributed by atoms with Crippen LogP contribution in [0.5, 0.6) is 0 Å². The standard InChI is InChI=1S/C6H7BrN2O2/c7-5-3-8-4-9(1-2-10)6(5)11/h3-4,10H,1-2H2. The summed E-state index contributed by atoms with van der Waals surface area (Å²) in [5.74, 6) is 0. The first-order valence-electron chi connectivity index (χ1n) is 3.06. The van der Waals surface area contributed by atoms with E-state index in [0.717, 1.165) is 0 Å². The van der Waals surface area contributed by atoms with Gasteiger partial charge in [0.1, 0.15) is 4.47 Å². The van der Waals surface area contributed by atoms with Crippen molar-refractivity contribution in [2.75, 3.05) is 6.61 Å². The first kappa shape index (κ1) is 8.42. The van der Waals surface area contributed by atoms with Crippen molar-refractivity contribution in [3.05, 3.63) is 27.4 Å². The maximum absolute atomic E-state index is 11.1.